The fourth-order valence-corrected chi connectivity index (χ4v) is 4.58. The molecule has 2 nitrogen and oxygen atoms in total. The van der Waals surface area contributed by atoms with E-state index in [1.807, 2.05) is 4.90 Å². The Morgan fingerprint density at radius 3 is 2.18 bits per heavy atom. The van der Waals surface area contributed by atoms with Crippen LogP contribution in [0.4, 0.5) is 0 Å². The third kappa shape index (κ3) is 3.91. The maximum atomic E-state index is 2.49. The number of nitrogens with one attached hydrogen (secondary N) is 2. The molecule has 2 aliphatic rings. The molecule has 2 fully saturated rings. The van der Waals surface area contributed by atoms with Gasteiger partial charge in [0.25, 0.3) is 0 Å². The highest BCUT2D eigenvalue weighted by atomic mass is 15.3. The second kappa shape index (κ2) is 7.61. The maximum Gasteiger partial charge on any atom is 0.127 e. The van der Waals surface area contributed by atoms with Gasteiger partial charge in [0, 0.05) is 11.5 Å². The van der Waals surface area contributed by atoms with Crippen molar-refractivity contribution in [1.82, 2.24) is 0 Å². The van der Waals surface area contributed by atoms with Crippen molar-refractivity contribution in [2.24, 2.45) is 5.92 Å². The van der Waals surface area contributed by atoms with Gasteiger partial charge in [0.1, 0.15) is 32.7 Å². The number of benzene rings is 1. The highest BCUT2D eigenvalue weighted by Crippen LogP contribution is 2.21. The number of aryl methyl sites for hydroxylation is 1. The lowest BCUT2D eigenvalue weighted by Gasteiger charge is -2.39. The van der Waals surface area contributed by atoms with Gasteiger partial charge in [-0.3, -0.25) is 0 Å². The fraction of sp³-hybridized carbons (Fsp3) is 0.700. The van der Waals surface area contributed by atoms with Crippen LogP contribution in [-0.2, 0) is 13.0 Å². The minimum atomic E-state index is 0.951. The fourth-order valence-electron chi connectivity index (χ4n) is 4.58. The summed E-state index contributed by atoms with van der Waals surface area (Å²) in [6.07, 6.45) is 7.03. The predicted molar refractivity (Wildman–Crippen MR) is 92.3 cm³/mol. The van der Waals surface area contributed by atoms with E-state index in [4.69, 9.17) is 0 Å². The smallest absolute Gasteiger partial charge is 0.127 e. The zero-order valence-corrected chi connectivity index (χ0v) is 14.5. The van der Waals surface area contributed by atoms with Crippen LogP contribution in [0.2, 0.25) is 0 Å². The highest BCUT2D eigenvalue weighted by molar-refractivity contribution is 5.21. The number of hydrogen-bond acceptors (Lipinski definition) is 0. The molecule has 2 atom stereocenters. The Bertz CT molecular complexity index is 445. The number of piperazine rings is 1. The summed E-state index contributed by atoms with van der Waals surface area (Å²) >= 11 is 0. The average Bonchev–Trinajstić information content (AvgIpc) is 2.57. The quantitative estimate of drug-likeness (QED) is 0.824. The van der Waals surface area contributed by atoms with Gasteiger partial charge in [-0.15, -0.1) is 0 Å². The molecular formula is C20H34N2+2. The summed E-state index contributed by atoms with van der Waals surface area (Å²) in [7, 11) is 0. The normalized spacial score (nSPS) is 32.8. The van der Waals surface area contributed by atoms with Crippen LogP contribution < -0.4 is 9.80 Å². The van der Waals surface area contributed by atoms with E-state index < -0.39 is 0 Å². The van der Waals surface area contributed by atoms with Crippen molar-refractivity contribution in [3.63, 3.8) is 0 Å². The molecular weight excluding hydrogens is 268 g/mol. The molecule has 1 aliphatic heterocycles. The van der Waals surface area contributed by atoms with Crippen LogP contribution in [0.1, 0.15) is 50.7 Å². The molecule has 0 amide bonds. The van der Waals surface area contributed by atoms with Crippen LogP contribution in [0.3, 0.4) is 0 Å². The van der Waals surface area contributed by atoms with Crippen molar-refractivity contribution in [2.45, 2.75) is 58.5 Å². The molecule has 2 heteroatoms. The average molecular weight is 303 g/mol. The Kier molecular flexibility index (Phi) is 5.54. The van der Waals surface area contributed by atoms with Crippen LogP contribution in [0.25, 0.3) is 0 Å². The molecule has 122 valence electrons. The van der Waals surface area contributed by atoms with Gasteiger partial charge >= 0.3 is 0 Å². The monoisotopic (exact) mass is 302 g/mol. The Labute approximate surface area is 136 Å². The minimum absolute atomic E-state index is 0.951. The first-order chi connectivity index (χ1) is 10.8. The van der Waals surface area contributed by atoms with E-state index in [2.05, 4.69) is 38.1 Å². The molecule has 0 aromatic heterocycles. The van der Waals surface area contributed by atoms with E-state index in [0.717, 1.165) is 18.4 Å². The summed E-state index contributed by atoms with van der Waals surface area (Å²) in [6, 6.07) is 10.3. The summed E-state index contributed by atoms with van der Waals surface area (Å²) in [5, 5.41) is 0. The van der Waals surface area contributed by atoms with Gasteiger partial charge in [0.05, 0.1) is 6.04 Å². The summed E-state index contributed by atoms with van der Waals surface area (Å²) in [5.74, 6) is 0.951. The first-order valence-electron chi connectivity index (χ1n) is 9.52. The molecule has 1 saturated carbocycles. The topological polar surface area (TPSA) is 8.88 Å². The summed E-state index contributed by atoms with van der Waals surface area (Å²) < 4.78 is 0. The Balaban J connectivity index is 1.48. The van der Waals surface area contributed by atoms with E-state index in [1.54, 1.807) is 4.90 Å². The van der Waals surface area contributed by atoms with E-state index >= 15 is 0 Å². The molecule has 0 spiro atoms. The first-order valence-corrected chi connectivity index (χ1v) is 9.52. The molecule has 1 aromatic rings. The van der Waals surface area contributed by atoms with Gasteiger partial charge in [-0.2, -0.15) is 0 Å². The highest BCUT2D eigenvalue weighted by Gasteiger charge is 2.34. The Morgan fingerprint density at radius 1 is 0.909 bits per heavy atom. The van der Waals surface area contributed by atoms with Gasteiger partial charge in [-0.1, -0.05) is 44.5 Å². The molecule has 22 heavy (non-hydrogen) atoms. The van der Waals surface area contributed by atoms with Gasteiger partial charge < -0.3 is 9.80 Å². The maximum absolute atomic E-state index is 2.49. The lowest BCUT2D eigenvalue weighted by atomic mass is 9.84. The molecule has 0 unspecified atom stereocenters. The van der Waals surface area contributed by atoms with E-state index in [9.17, 15) is 0 Å². The molecule has 1 aromatic carbocycles. The van der Waals surface area contributed by atoms with E-state index in [0.29, 0.717) is 0 Å². The zero-order valence-electron chi connectivity index (χ0n) is 14.5. The second-order valence-corrected chi connectivity index (χ2v) is 7.62. The van der Waals surface area contributed by atoms with Gasteiger partial charge in [0.15, 0.2) is 0 Å². The molecule has 1 heterocycles. The van der Waals surface area contributed by atoms with Gasteiger partial charge in [-0.25, -0.2) is 0 Å². The van der Waals surface area contributed by atoms with Crippen molar-refractivity contribution in [1.29, 1.82) is 0 Å². The van der Waals surface area contributed by atoms with Crippen molar-refractivity contribution in [3.8, 4) is 0 Å². The van der Waals surface area contributed by atoms with Gasteiger partial charge in [-0.05, 0) is 31.2 Å². The van der Waals surface area contributed by atoms with Gasteiger partial charge in [0.2, 0.25) is 0 Å². The van der Waals surface area contributed by atoms with Crippen molar-refractivity contribution in [3.05, 3.63) is 35.4 Å². The molecule has 0 bridgehead atoms. The van der Waals surface area contributed by atoms with Crippen LogP contribution in [0.15, 0.2) is 24.3 Å². The van der Waals surface area contributed by atoms with Crippen LogP contribution in [-0.4, -0.2) is 32.2 Å². The minimum Gasteiger partial charge on any atom is -0.323 e. The molecule has 3 rings (SSSR count). The lowest BCUT2D eigenvalue weighted by Crippen LogP contribution is -3.29. The van der Waals surface area contributed by atoms with Crippen molar-refractivity contribution < 1.29 is 9.80 Å². The zero-order chi connectivity index (χ0) is 15.4. The lowest BCUT2D eigenvalue weighted by molar-refractivity contribution is -1.03. The summed E-state index contributed by atoms with van der Waals surface area (Å²) in [6.45, 7) is 11.4. The summed E-state index contributed by atoms with van der Waals surface area (Å²) in [4.78, 5) is 3.70. The standard InChI is InChI=1S/C20H32N2/c1-3-18-8-10-19(11-9-18)16-21-12-14-22(15-13-21)20-7-5-4-6-17(20)2/h8-11,17,20H,3-7,12-16H2,1-2H3/p+2/t17-,20-/m0/s1. The number of rotatable bonds is 4. The second-order valence-electron chi connectivity index (χ2n) is 7.62. The van der Waals surface area contributed by atoms with E-state index in [-0.39, 0.29) is 0 Å². The van der Waals surface area contributed by atoms with Crippen molar-refractivity contribution >= 4 is 0 Å². The number of hydrogen-bond donors (Lipinski definition) is 2. The molecule has 0 radical (unpaired) electrons. The molecule has 2 N–H and O–H groups in total. The Morgan fingerprint density at radius 2 is 1.55 bits per heavy atom. The Hall–Kier alpha value is -0.860. The molecule has 1 aliphatic carbocycles. The third-order valence-corrected chi connectivity index (χ3v) is 6.12. The first kappa shape index (κ1) is 16.0. The van der Waals surface area contributed by atoms with Crippen LogP contribution in [0.5, 0.6) is 0 Å². The van der Waals surface area contributed by atoms with Crippen molar-refractivity contribution in [2.75, 3.05) is 26.2 Å². The summed E-state index contributed by atoms with van der Waals surface area (Å²) in [5.41, 5.74) is 2.97. The van der Waals surface area contributed by atoms with Crippen LogP contribution >= 0.6 is 0 Å². The van der Waals surface area contributed by atoms with E-state index in [1.165, 1.54) is 69.5 Å². The predicted octanol–water partition coefficient (Wildman–Crippen LogP) is 1.11. The number of quaternary nitrogens is 2. The SMILES string of the molecule is CCc1ccc(C[NH+]2CC[NH+]([C@H]3CCCC[C@@H]3C)CC2)cc1. The molecule has 1 saturated heterocycles. The largest absolute Gasteiger partial charge is 0.323 e. The van der Waals surface area contributed by atoms with Crippen LogP contribution in [0, 0.1) is 5.92 Å². The third-order valence-electron chi connectivity index (χ3n) is 6.12.